The normalized spacial score (nSPS) is 16.7. The quantitative estimate of drug-likeness (QED) is 0.504. The molecule has 11 heteroatoms. The van der Waals surface area contributed by atoms with Crippen molar-refractivity contribution in [2.75, 3.05) is 36.4 Å². The maximum atomic E-state index is 12.6. The Morgan fingerprint density at radius 3 is 2.33 bits per heavy atom. The van der Waals surface area contributed by atoms with Gasteiger partial charge in [-0.3, -0.25) is 14.9 Å². The Labute approximate surface area is 211 Å². The molecule has 0 aliphatic carbocycles. The summed E-state index contributed by atoms with van der Waals surface area (Å²) in [5.41, 5.74) is 1.17. The van der Waals surface area contributed by atoms with Gasteiger partial charge in [0.1, 0.15) is 5.75 Å². The molecule has 182 valence electrons. The Hall–Kier alpha value is -4.38. The van der Waals surface area contributed by atoms with E-state index in [0.29, 0.717) is 49.5 Å². The third-order valence-corrected chi connectivity index (χ3v) is 6.28. The van der Waals surface area contributed by atoms with Crippen LogP contribution in [-0.4, -0.2) is 58.2 Å². The molecule has 0 spiro atoms. The molecule has 3 heterocycles. The predicted octanol–water partition coefficient (Wildman–Crippen LogP) is 3.95. The molecule has 36 heavy (non-hydrogen) atoms. The first-order chi connectivity index (χ1) is 17.5. The summed E-state index contributed by atoms with van der Waals surface area (Å²) < 4.78 is 5.93. The van der Waals surface area contributed by atoms with E-state index in [-0.39, 0.29) is 10.9 Å². The van der Waals surface area contributed by atoms with Crippen molar-refractivity contribution < 1.29 is 19.1 Å². The van der Waals surface area contributed by atoms with Crippen LogP contribution in [-0.2, 0) is 4.79 Å². The maximum absolute atomic E-state index is 12.6. The lowest BCUT2D eigenvalue weighted by Crippen LogP contribution is -2.50. The molecule has 4 amide bonds. The van der Waals surface area contributed by atoms with Crippen molar-refractivity contribution in [2.45, 2.75) is 0 Å². The van der Waals surface area contributed by atoms with Crippen LogP contribution in [0.3, 0.4) is 0 Å². The van der Waals surface area contributed by atoms with E-state index in [1.54, 1.807) is 11.0 Å². The Kier molecular flexibility index (Phi) is 6.80. The molecule has 3 aromatic rings. The number of carbonyl (C=O) groups is 3. The van der Waals surface area contributed by atoms with Gasteiger partial charge in [-0.25, -0.2) is 9.78 Å². The van der Waals surface area contributed by atoms with Crippen LogP contribution < -0.4 is 20.3 Å². The Morgan fingerprint density at radius 2 is 1.67 bits per heavy atom. The molecule has 1 aromatic heterocycles. The number of thioether (sulfide) groups is 1. The molecule has 10 nitrogen and oxygen atoms in total. The average Bonchev–Trinajstić information content (AvgIpc) is 3.21. The van der Waals surface area contributed by atoms with Crippen molar-refractivity contribution in [1.29, 1.82) is 0 Å². The third kappa shape index (κ3) is 5.63. The molecule has 0 saturated carbocycles. The van der Waals surface area contributed by atoms with Gasteiger partial charge in [-0.2, -0.15) is 4.98 Å². The number of ether oxygens (including phenoxy) is 1. The minimum Gasteiger partial charge on any atom is -0.439 e. The lowest BCUT2D eigenvalue weighted by atomic mass is 10.3. The maximum Gasteiger partial charge on any atom is 0.321 e. The number of urea groups is 1. The number of benzene rings is 2. The van der Waals surface area contributed by atoms with E-state index in [4.69, 9.17) is 4.74 Å². The Morgan fingerprint density at radius 1 is 0.972 bits per heavy atom. The van der Waals surface area contributed by atoms with Gasteiger partial charge in [0.2, 0.25) is 11.8 Å². The molecule has 2 aliphatic rings. The number of aromatic nitrogens is 2. The molecule has 0 bridgehead atoms. The lowest BCUT2D eigenvalue weighted by Gasteiger charge is -2.34. The van der Waals surface area contributed by atoms with E-state index in [1.165, 1.54) is 6.08 Å². The predicted molar refractivity (Wildman–Crippen MR) is 137 cm³/mol. The molecule has 2 N–H and O–H groups in total. The minimum absolute atomic E-state index is 0.165. The molecule has 2 aliphatic heterocycles. The van der Waals surface area contributed by atoms with Crippen molar-refractivity contribution in [3.8, 4) is 11.6 Å². The number of amides is 4. The highest BCUT2D eigenvalue weighted by atomic mass is 32.2. The van der Waals surface area contributed by atoms with E-state index in [9.17, 15) is 14.4 Å². The molecule has 5 rings (SSSR count). The van der Waals surface area contributed by atoms with Crippen molar-refractivity contribution >= 4 is 46.7 Å². The average molecular weight is 503 g/mol. The van der Waals surface area contributed by atoms with Crippen LogP contribution in [0.5, 0.6) is 11.6 Å². The van der Waals surface area contributed by atoms with E-state index in [1.807, 2.05) is 65.6 Å². The van der Waals surface area contributed by atoms with Gasteiger partial charge in [0, 0.05) is 37.9 Å². The standard InChI is InChI=1S/C25H22N6O4S/c32-22-20(36-25(34)29-22)15-18-16-21(35-19-9-5-2-6-10-19)28-23(26-18)30-11-13-31(14-12-30)24(33)27-17-7-3-1-4-8-17/h1-10,15-16H,11-14H2,(H,27,33)(H,29,32,34)/b20-15-. The van der Waals surface area contributed by atoms with Gasteiger partial charge in [-0.15, -0.1) is 0 Å². The molecule has 0 unspecified atom stereocenters. The van der Waals surface area contributed by atoms with Crippen molar-refractivity contribution in [2.24, 2.45) is 0 Å². The number of imide groups is 1. The summed E-state index contributed by atoms with van der Waals surface area (Å²) in [4.78, 5) is 49.3. The zero-order valence-electron chi connectivity index (χ0n) is 19.1. The summed E-state index contributed by atoms with van der Waals surface area (Å²) in [6.07, 6.45) is 1.54. The fourth-order valence-electron chi connectivity index (χ4n) is 3.70. The summed E-state index contributed by atoms with van der Waals surface area (Å²) in [6, 6.07) is 20.0. The van der Waals surface area contributed by atoms with Crippen LogP contribution in [0.2, 0.25) is 0 Å². The van der Waals surface area contributed by atoms with E-state index < -0.39 is 11.1 Å². The van der Waals surface area contributed by atoms with Gasteiger partial charge < -0.3 is 19.9 Å². The number of nitrogens with one attached hydrogen (secondary N) is 2. The largest absolute Gasteiger partial charge is 0.439 e. The fourth-order valence-corrected chi connectivity index (χ4v) is 4.36. The first kappa shape index (κ1) is 23.4. The van der Waals surface area contributed by atoms with Crippen LogP contribution in [0.25, 0.3) is 6.08 Å². The Bertz CT molecular complexity index is 1310. The molecule has 0 atom stereocenters. The smallest absolute Gasteiger partial charge is 0.321 e. The number of hydrogen-bond donors (Lipinski definition) is 2. The molecular weight excluding hydrogens is 480 g/mol. The minimum atomic E-state index is -0.464. The van der Waals surface area contributed by atoms with Crippen LogP contribution in [0.1, 0.15) is 5.69 Å². The van der Waals surface area contributed by atoms with Crippen LogP contribution >= 0.6 is 11.8 Å². The van der Waals surface area contributed by atoms with Gasteiger partial charge in [-0.05, 0) is 42.1 Å². The zero-order valence-corrected chi connectivity index (χ0v) is 19.9. The van der Waals surface area contributed by atoms with E-state index in [2.05, 4.69) is 20.6 Å². The lowest BCUT2D eigenvalue weighted by molar-refractivity contribution is -0.115. The number of piperazine rings is 1. The topological polar surface area (TPSA) is 117 Å². The highest BCUT2D eigenvalue weighted by Gasteiger charge is 2.27. The first-order valence-corrected chi connectivity index (χ1v) is 12.1. The fraction of sp³-hybridized carbons (Fsp3) is 0.160. The summed E-state index contributed by atoms with van der Waals surface area (Å²) >= 11 is 0.819. The first-order valence-electron chi connectivity index (χ1n) is 11.3. The van der Waals surface area contributed by atoms with Crippen LogP contribution in [0.15, 0.2) is 71.6 Å². The second-order valence-corrected chi connectivity index (χ2v) is 8.98. The van der Waals surface area contributed by atoms with E-state index in [0.717, 1.165) is 17.4 Å². The number of anilines is 2. The number of rotatable bonds is 5. The Balaban J connectivity index is 1.34. The van der Waals surface area contributed by atoms with Crippen molar-refractivity contribution in [3.05, 3.63) is 77.3 Å². The van der Waals surface area contributed by atoms with Gasteiger partial charge in [0.15, 0.2) is 0 Å². The molecular formula is C25H22N6O4S. The van der Waals surface area contributed by atoms with Crippen molar-refractivity contribution in [1.82, 2.24) is 20.2 Å². The monoisotopic (exact) mass is 502 g/mol. The third-order valence-electron chi connectivity index (χ3n) is 5.47. The van der Waals surface area contributed by atoms with Crippen LogP contribution in [0, 0.1) is 0 Å². The van der Waals surface area contributed by atoms with E-state index >= 15 is 0 Å². The summed E-state index contributed by atoms with van der Waals surface area (Å²) in [7, 11) is 0. The number of carbonyl (C=O) groups excluding carboxylic acids is 3. The van der Waals surface area contributed by atoms with Gasteiger partial charge >= 0.3 is 6.03 Å². The SMILES string of the molecule is O=C1NC(=O)/C(=C/c2cc(Oc3ccccc3)nc(N3CCN(C(=O)Nc4ccccc4)CC3)n2)S1. The van der Waals surface area contributed by atoms with Gasteiger partial charge in [0.05, 0.1) is 10.6 Å². The number of hydrogen-bond acceptors (Lipinski definition) is 8. The highest BCUT2D eigenvalue weighted by molar-refractivity contribution is 8.18. The molecule has 2 saturated heterocycles. The second kappa shape index (κ2) is 10.5. The number of nitrogens with zero attached hydrogens (tertiary/aromatic N) is 4. The summed E-state index contributed by atoms with van der Waals surface area (Å²) in [5.74, 6) is 0.852. The van der Waals surface area contributed by atoms with Gasteiger partial charge in [-0.1, -0.05) is 36.4 Å². The summed E-state index contributed by atoms with van der Waals surface area (Å²) in [6.45, 7) is 1.99. The zero-order chi connectivity index (χ0) is 24.9. The van der Waals surface area contributed by atoms with Crippen LogP contribution in [0.4, 0.5) is 21.2 Å². The molecule has 0 radical (unpaired) electrons. The number of para-hydroxylation sites is 2. The second-order valence-electron chi connectivity index (χ2n) is 7.97. The summed E-state index contributed by atoms with van der Waals surface area (Å²) in [5, 5.41) is 4.72. The molecule has 2 aromatic carbocycles. The highest BCUT2D eigenvalue weighted by Crippen LogP contribution is 2.28. The van der Waals surface area contributed by atoms with Gasteiger partial charge in [0.25, 0.3) is 11.1 Å². The molecule has 2 fully saturated rings. The van der Waals surface area contributed by atoms with Crippen molar-refractivity contribution in [3.63, 3.8) is 0 Å².